The molecule has 0 unspecified atom stereocenters. The molecule has 20 heavy (non-hydrogen) atoms. The maximum absolute atomic E-state index is 13.6. The molecule has 0 saturated heterocycles. The largest absolute Gasteiger partial charge is 0.351 e. The van der Waals surface area contributed by atoms with E-state index >= 15 is 0 Å². The van der Waals surface area contributed by atoms with Crippen molar-refractivity contribution in [2.24, 2.45) is 5.14 Å². The molecular formula is C10H13FN2O5S2. The van der Waals surface area contributed by atoms with Crippen molar-refractivity contribution in [2.45, 2.75) is 4.90 Å². The molecule has 0 heterocycles. The van der Waals surface area contributed by atoms with Crippen LogP contribution in [-0.2, 0) is 19.9 Å². The van der Waals surface area contributed by atoms with E-state index in [1.807, 2.05) is 0 Å². The molecule has 0 fully saturated rings. The fourth-order valence-corrected chi connectivity index (χ4v) is 2.30. The van der Waals surface area contributed by atoms with E-state index in [1.54, 1.807) is 0 Å². The topological polar surface area (TPSA) is 123 Å². The van der Waals surface area contributed by atoms with Crippen LogP contribution in [0.2, 0.25) is 0 Å². The normalized spacial score (nSPS) is 12.2. The van der Waals surface area contributed by atoms with E-state index in [1.165, 1.54) is 0 Å². The maximum atomic E-state index is 13.6. The van der Waals surface area contributed by atoms with Gasteiger partial charge in [0.1, 0.15) is 15.7 Å². The molecule has 1 aromatic carbocycles. The molecule has 0 aromatic heterocycles. The van der Waals surface area contributed by atoms with Crippen molar-refractivity contribution in [3.8, 4) is 0 Å². The molecule has 0 spiro atoms. The number of carbonyl (C=O) groups is 1. The molecule has 1 rings (SSSR count). The predicted molar refractivity (Wildman–Crippen MR) is 69.8 cm³/mol. The van der Waals surface area contributed by atoms with Crippen molar-refractivity contribution in [2.75, 3.05) is 18.6 Å². The van der Waals surface area contributed by atoms with E-state index in [-0.39, 0.29) is 12.3 Å². The van der Waals surface area contributed by atoms with Crippen LogP contribution in [0.15, 0.2) is 23.1 Å². The highest BCUT2D eigenvalue weighted by molar-refractivity contribution is 7.90. The summed E-state index contributed by atoms with van der Waals surface area (Å²) in [7, 11) is -7.30. The SMILES string of the molecule is CS(=O)(=O)CCNC(=O)c1ccc(S(N)(=O)=O)cc1F. The van der Waals surface area contributed by atoms with Crippen LogP contribution in [0.5, 0.6) is 0 Å². The van der Waals surface area contributed by atoms with Crippen LogP contribution in [0.25, 0.3) is 0 Å². The molecule has 112 valence electrons. The number of primary sulfonamides is 1. The smallest absolute Gasteiger partial charge is 0.254 e. The summed E-state index contributed by atoms with van der Waals surface area (Å²) >= 11 is 0. The molecular weight excluding hydrogens is 311 g/mol. The number of sulfone groups is 1. The monoisotopic (exact) mass is 324 g/mol. The third-order valence-electron chi connectivity index (χ3n) is 2.27. The van der Waals surface area contributed by atoms with Gasteiger partial charge in [0.05, 0.1) is 16.2 Å². The summed E-state index contributed by atoms with van der Waals surface area (Å²) in [6.07, 6.45) is 1.00. The lowest BCUT2D eigenvalue weighted by molar-refractivity contribution is 0.0952. The fourth-order valence-electron chi connectivity index (χ4n) is 1.30. The first-order chi connectivity index (χ1) is 9.00. The Labute approximate surface area is 115 Å². The average molecular weight is 324 g/mol. The Morgan fingerprint density at radius 1 is 1.30 bits per heavy atom. The number of halogens is 1. The Morgan fingerprint density at radius 3 is 2.35 bits per heavy atom. The van der Waals surface area contributed by atoms with Gasteiger partial charge in [0.25, 0.3) is 5.91 Å². The zero-order valence-electron chi connectivity index (χ0n) is 10.5. The summed E-state index contributed by atoms with van der Waals surface area (Å²) in [6, 6.07) is 2.58. The molecule has 1 aromatic rings. The molecule has 0 aliphatic carbocycles. The third-order valence-corrected chi connectivity index (χ3v) is 4.13. The summed E-state index contributed by atoms with van der Waals surface area (Å²) in [5, 5.41) is 7.03. The van der Waals surface area contributed by atoms with Gasteiger partial charge < -0.3 is 5.32 Å². The Kier molecular flexibility index (Phi) is 4.84. The lowest BCUT2D eigenvalue weighted by Crippen LogP contribution is -2.29. The van der Waals surface area contributed by atoms with E-state index in [4.69, 9.17) is 5.14 Å². The highest BCUT2D eigenvalue weighted by Crippen LogP contribution is 2.13. The second-order valence-corrected chi connectivity index (χ2v) is 7.89. The molecule has 0 aliphatic heterocycles. The summed E-state index contributed by atoms with van der Waals surface area (Å²) in [5.74, 6) is -2.18. The first-order valence-corrected chi connectivity index (χ1v) is 8.89. The number of sulfonamides is 1. The number of amides is 1. The van der Waals surface area contributed by atoms with Gasteiger partial charge in [-0.3, -0.25) is 4.79 Å². The Bertz CT molecular complexity index is 728. The zero-order chi connectivity index (χ0) is 15.6. The summed E-state index contributed by atoms with van der Waals surface area (Å²) in [5.41, 5.74) is -0.397. The Balaban J connectivity index is 2.85. The van der Waals surface area contributed by atoms with Gasteiger partial charge in [-0.1, -0.05) is 0 Å². The van der Waals surface area contributed by atoms with Crippen molar-refractivity contribution in [3.63, 3.8) is 0 Å². The van der Waals surface area contributed by atoms with Crippen molar-refractivity contribution < 1.29 is 26.0 Å². The first kappa shape index (κ1) is 16.5. The first-order valence-electron chi connectivity index (χ1n) is 5.29. The van der Waals surface area contributed by atoms with Crippen LogP contribution < -0.4 is 10.5 Å². The summed E-state index contributed by atoms with van der Waals surface area (Å²) in [6.45, 7) is -0.173. The van der Waals surface area contributed by atoms with Crippen molar-refractivity contribution in [1.29, 1.82) is 0 Å². The van der Waals surface area contributed by atoms with Crippen LogP contribution in [0, 0.1) is 5.82 Å². The Morgan fingerprint density at radius 2 is 1.90 bits per heavy atom. The Hall–Kier alpha value is -1.52. The molecule has 3 N–H and O–H groups in total. The molecule has 0 atom stereocenters. The minimum Gasteiger partial charge on any atom is -0.351 e. The second-order valence-electron chi connectivity index (χ2n) is 4.07. The maximum Gasteiger partial charge on any atom is 0.254 e. The quantitative estimate of drug-likeness (QED) is 0.737. The number of carbonyl (C=O) groups excluding carboxylic acids is 1. The molecule has 10 heteroatoms. The molecule has 0 aliphatic rings. The third kappa shape index (κ3) is 4.87. The van der Waals surface area contributed by atoms with Crippen LogP contribution in [-0.4, -0.2) is 41.3 Å². The van der Waals surface area contributed by atoms with E-state index in [2.05, 4.69) is 5.32 Å². The van der Waals surface area contributed by atoms with Gasteiger partial charge >= 0.3 is 0 Å². The van der Waals surface area contributed by atoms with Crippen molar-refractivity contribution in [3.05, 3.63) is 29.6 Å². The zero-order valence-corrected chi connectivity index (χ0v) is 12.1. The minimum absolute atomic E-state index is 0.173. The molecule has 0 radical (unpaired) electrons. The van der Waals surface area contributed by atoms with Crippen LogP contribution in [0.4, 0.5) is 4.39 Å². The van der Waals surface area contributed by atoms with Crippen molar-refractivity contribution in [1.82, 2.24) is 5.32 Å². The minimum atomic E-state index is -4.06. The summed E-state index contributed by atoms with van der Waals surface area (Å²) in [4.78, 5) is 11.1. The van der Waals surface area contributed by atoms with Gasteiger partial charge in [0.2, 0.25) is 10.0 Å². The highest BCUT2D eigenvalue weighted by Gasteiger charge is 2.16. The lowest BCUT2D eigenvalue weighted by atomic mass is 10.2. The van der Waals surface area contributed by atoms with E-state index in [0.717, 1.165) is 18.4 Å². The van der Waals surface area contributed by atoms with Crippen LogP contribution in [0.1, 0.15) is 10.4 Å². The van der Waals surface area contributed by atoms with E-state index in [0.29, 0.717) is 6.07 Å². The van der Waals surface area contributed by atoms with Crippen LogP contribution >= 0.6 is 0 Å². The number of hydrogen-bond donors (Lipinski definition) is 2. The van der Waals surface area contributed by atoms with E-state index < -0.39 is 42.0 Å². The van der Waals surface area contributed by atoms with Crippen LogP contribution in [0.3, 0.4) is 0 Å². The molecule has 1 amide bonds. The highest BCUT2D eigenvalue weighted by atomic mass is 32.2. The van der Waals surface area contributed by atoms with E-state index in [9.17, 15) is 26.0 Å². The number of rotatable bonds is 5. The van der Waals surface area contributed by atoms with Gasteiger partial charge in [0, 0.05) is 12.8 Å². The van der Waals surface area contributed by atoms with Gasteiger partial charge in [-0.25, -0.2) is 26.4 Å². The standard InChI is InChI=1S/C10H13FN2O5S2/c1-19(15,16)5-4-13-10(14)8-3-2-7(6-9(8)11)20(12,17)18/h2-3,6H,4-5H2,1H3,(H,13,14)(H2,12,17,18). The number of benzene rings is 1. The molecule has 7 nitrogen and oxygen atoms in total. The average Bonchev–Trinajstić information content (AvgIpc) is 2.25. The van der Waals surface area contributed by atoms with Gasteiger partial charge in [-0.05, 0) is 18.2 Å². The summed E-state index contributed by atoms with van der Waals surface area (Å²) < 4.78 is 57.3. The van der Waals surface area contributed by atoms with Gasteiger partial charge in [0.15, 0.2) is 0 Å². The van der Waals surface area contributed by atoms with Gasteiger partial charge in [-0.15, -0.1) is 0 Å². The van der Waals surface area contributed by atoms with Crippen molar-refractivity contribution >= 4 is 25.8 Å². The number of hydrogen-bond acceptors (Lipinski definition) is 5. The molecule has 0 bridgehead atoms. The molecule has 0 saturated carbocycles. The second kappa shape index (κ2) is 5.85. The fraction of sp³-hybridized carbons (Fsp3) is 0.300. The number of nitrogens with one attached hydrogen (secondary N) is 1. The lowest BCUT2D eigenvalue weighted by Gasteiger charge is -2.06. The van der Waals surface area contributed by atoms with Gasteiger partial charge in [-0.2, -0.15) is 0 Å². The predicted octanol–water partition coefficient (Wildman–Crippen LogP) is -0.752. The number of nitrogens with two attached hydrogens (primary N) is 1.